The van der Waals surface area contributed by atoms with Gasteiger partial charge in [0.25, 0.3) is 0 Å². The monoisotopic (exact) mass is 397 g/mol. The molecule has 0 saturated carbocycles. The van der Waals surface area contributed by atoms with Crippen LogP contribution >= 0.6 is 0 Å². The van der Waals surface area contributed by atoms with Crippen LogP contribution in [0.5, 0.6) is 5.75 Å². The topological polar surface area (TPSA) is 30.8 Å². The lowest BCUT2D eigenvalue weighted by atomic mass is 10.0. The van der Waals surface area contributed by atoms with Crippen LogP contribution in [0, 0.1) is 11.5 Å². The fourth-order valence-electron chi connectivity index (χ4n) is 4.31. The Kier molecular flexibility index (Phi) is 6.83. The molecule has 0 bridgehead atoms. The van der Waals surface area contributed by atoms with Crippen molar-refractivity contribution in [2.75, 3.05) is 7.11 Å². The van der Waals surface area contributed by atoms with Gasteiger partial charge < -0.3 is 9.47 Å². The molecule has 0 fully saturated rings. The molecular weight excluding hydrogens is 362 g/mol. The summed E-state index contributed by atoms with van der Waals surface area (Å²) in [7, 11) is -0.0921. The van der Waals surface area contributed by atoms with Gasteiger partial charge in [0.05, 0.1) is 7.11 Å². The summed E-state index contributed by atoms with van der Waals surface area (Å²) in [4.78, 5) is 4.78. The van der Waals surface area contributed by atoms with Gasteiger partial charge in [-0.3, -0.25) is 0 Å². The molecule has 1 aliphatic rings. The first-order valence-electron chi connectivity index (χ1n) is 10.2. The van der Waals surface area contributed by atoms with E-state index in [0.29, 0.717) is 22.5 Å². The lowest BCUT2D eigenvalue weighted by Crippen LogP contribution is -2.43. The minimum absolute atomic E-state index is 0.426. The summed E-state index contributed by atoms with van der Waals surface area (Å²) in [5, 5.41) is 0. The van der Waals surface area contributed by atoms with Crippen LogP contribution in [0.3, 0.4) is 0 Å². The Morgan fingerprint density at radius 2 is 1.68 bits per heavy atom. The number of hydrogen-bond acceptors (Lipinski definition) is 3. The number of methoxy groups -OCH3 is 1. The molecule has 0 aromatic heterocycles. The summed E-state index contributed by atoms with van der Waals surface area (Å²) in [5.74, 6) is 5.61. The fraction of sp³-hybridized carbons (Fsp3) is 0.542. The van der Waals surface area contributed by atoms with E-state index in [1.807, 2.05) is 30.3 Å². The van der Waals surface area contributed by atoms with Crippen LogP contribution in [0.25, 0.3) is 0 Å². The molecule has 0 amide bonds. The number of ether oxygens (including phenoxy) is 2. The quantitative estimate of drug-likeness (QED) is 0.428. The van der Waals surface area contributed by atoms with Crippen molar-refractivity contribution in [3.8, 4) is 17.2 Å². The van der Waals surface area contributed by atoms with Crippen LogP contribution < -0.4 is 4.74 Å². The molecule has 0 atom stereocenters. The van der Waals surface area contributed by atoms with E-state index in [4.69, 9.17) is 14.5 Å². The number of nitrogens with zero attached hydrogens (tertiary/aromatic N) is 1. The van der Waals surface area contributed by atoms with E-state index in [1.54, 1.807) is 7.11 Å². The molecule has 1 aliphatic heterocycles. The van der Waals surface area contributed by atoms with E-state index >= 15 is 0 Å². The number of allylic oxidation sites excluding steroid dienone is 1. The van der Waals surface area contributed by atoms with Crippen LogP contribution in [0.15, 0.2) is 41.1 Å². The van der Waals surface area contributed by atoms with Crippen molar-refractivity contribution in [1.82, 2.24) is 0 Å². The van der Waals surface area contributed by atoms with Crippen LogP contribution in [-0.4, -0.2) is 26.6 Å². The van der Waals surface area contributed by atoms with Crippen molar-refractivity contribution in [2.24, 2.45) is 4.99 Å². The van der Waals surface area contributed by atoms with Gasteiger partial charge in [-0.2, -0.15) is 0 Å². The molecule has 28 heavy (non-hydrogen) atoms. The Labute approximate surface area is 172 Å². The molecular formula is C24H35NO2Si. The average Bonchev–Trinajstić information content (AvgIpc) is 2.92. The van der Waals surface area contributed by atoms with Gasteiger partial charge >= 0.3 is 0 Å². The Morgan fingerprint density at radius 1 is 1.07 bits per heavy atom. The van der Waals surface area contributed by atoms with E-state index < -0.39 is 13.6 Å². The first-order valence-corrected chi connectivity index (χ1v) is 12.4. The van der Waals surface area contributed by atoms with Gasteiger partial charge in [-0.15, -0.1) is 5.54 Å². The van der Waals surface area contributed by atoms with Gasteiger partial charge in [0.15, 0.2) is 0 Å². The van der Waals surface area contributed by atoms with Crippen molar-refractivity contribution in [3.63, 3.8) is 0 Å². The molecule has 1 aromatic carbocycles. The minimum atomic E-state index is -1.75. The normalized spacial score (nSPS) is 17.6. The smallest absolute Gasteiger partial charge is 0.222 e. The molecule has 0 unspecified atom stereocenters. The zero-order valence-electron chi connectivity index (χ0n) is 18.9. The lowest BCUT2D eigenvalue weighted by molar-refractivity contribution is 0.381. The van der Waals surface area contributed by atoms with Crippen LogP contribution in [0.4, 0.5) is 0 Å². The van der Waals surface area contributed by atoms with Gasteiger partial charge in [-0.05, 0) is 48.7 Å². The molecule has 0 aliphatic carbocycles. The highest BCUT2D eigenvalue weighted by Gasteiger charge is 2.41. The maximum Gasteiger partial charge on any atom is 0.222 e. The highest BCUT2D eigenvalue weighted by Crippen LogP contribution is 2.40. The standard InChI is InChI=1S/C24H35NO2Si/c1-17(2)28(18(3)4,19(5)6)15-11-14-22-24(7,8)25-23(27-22)20-12-10-13-21(16-20)26-9/h10,12-14,16-19H,1-9H3/b22-14+. The van der Waals surface area contributed by atoms with Crippen molar-refractivity contribution < 1.29 is 9.47 Å². The minimum Gasteiger partial charge on any atom is -0.497 e. The summed E-state index contributed by atoms with van der Waals surface area (Å²) in [6.45, 7) is 18.1. The van der Waals surface area contributed by atoms with E-state index in [1.165, 1.54) is 0 Å². The molecule has 1 heterocycles. The molecule has 0 spiro atoms. The van der Waals surface area contributed by atoms with E-state index in [0.717, 1.165) is 17.1 Å². The van der Waals surface area contributed by atoms with Crippen molar-refractivity contribution in [3.05, 3.63) is 41.7 Å². The number of benzene rings is 1. The molecule has 0 radical (unpaired) electrons. The average molecular weight is 398 g/mol. The summed E-state index contributed by atoms with van der Waals surface area (Å²) >= 11 is 0. The Balaban J connectivity index is 2.35. The number of rotatable bonds is 5. The highest BCUT2D eigenvalue weighted by atomic mass is 28.3. The van der Waals surface area contributed by atoms with Crippen LogP contribution in [0.1, 0.15) is 61.0 Å². The van der Waals surface area contributed by atoms with E-state index in [9.17, 15) is 0 Å². The Hall–Kier alpha value is -1.99. The number of aliphatic imine (C=N–C) groups is 1. The second kappa shape index (κ2) is 8.57. The van der Waals surface area contributed by atoms with Gasteiger partial charge in [0.1, 0.15) is 25.1 Å². The van der Waals surface area contributed by atoms with Crippen molar-refractivity contribution >= 4 is 14.0 Å². The molecule has 152 valence electrons. The molecule has 0 saturated heterocycles. The maximum atomic E-state index is 6.13. The SMILES string of the molecule is COc1cccc(C2=NC(C)(C)/C(=C\C#C[Si](C(C)C)(C(C)C)C(C)C)O2)c1. The molecule has 3 nitrogen and oxygen atoms in total. The Morgan fingerprint density at radius 3 is 2.21 bits per heavy atom. The van der Waals surface area contributed by atoms with Crippen molar-refractivity contribution in [2.45, 2.75) is 77.6 Å². The first-order chi connectivity index (χ1) is 13.0. The Bertz CT molecular complexity index is 801. The largest absolute Gasteiger partial charge is 0.497 e. The van der Waals surface area contributed by atoms with Gasteiger partial charge in [-0.1, -0.05) is 53.5 Å². The number of hydrogen-bond donors (Lipinski definition) is 0. The summed E-state index contributed by atoms with van der Waals surface area (Å²) in [5.41, 5.74) is 6.05. The van der Waals surface area contributed by atoms with Crippen LogP contribution in [-0.2, 0) is 4.74 Å². The van der Waals surface area contributed by atoms with Crippen LogP contribution in [0.2, 0.25) is 16.6 Å². The van der Waals surface area contributed by atoms with Gasteiger partial charge in [-0.25, -0.2) is 4.99 Å². The van der Waals surface area contributed by atoms with E-state index in [-0.39, 0.29) is 0 Å². The third kappa shape index (κ3) is 4.36. The van der Waals surface area contributed by atoms with Gasteiger partial charge in [0, 0.05) is 11.6 Å². The summed E-state index contributed by atoms with van der Waals surface area (Å²) < 4.78 is 11.4. The van der Waals surface area contributed by atoms with Gasteiger partial charge in [0.2, 0.25) is 5.90 Å². The molecule has 2 rings (SSSR count). The fourth-order valence-corrected chi connectivity index (χ4v) is 9.49. The zero-order chi connectivity index (χ0) is 21.1. The second-order valence-corrected chi connectivity index (χ2v) is 14.6. The predicted molar refractivity (Wildman–Crippen MR) is 122 cm³/mol. The molecule has 4 heteroatoms. The summed E-state index contributed by atoms with van der Waals surface area (Å²) in [6, 6.07) is 7.79. The first kappa shape index (κ1) is 22.3. The third-order valence-corrected chi connectivity index (χ3v) is 12.2. The van der Waals surface area contributed by atoms with Crippen molar-refractivity contribution in [1.29, 1.82) is 0 Å². The third-order valence-electron chi connectivity index (χ3n) is 5.87. The molecule has 0 N–H and O–H groups in total. The second-order valence-electron chi connectivity index (χ2n) is 8.99. The lowest BCUT2D eigenvalue weighted by Gasteiger charge is -2.38. The summed E-state index contributed by atoms with van der Waals surface area (Å²) in [6.07, 6.45) is 1.94. The highest BCUT2D eigenvalue weighted by molar-refractivity contribution is 6.90. The molecule has 1 aromatic rings. The predicted octanol–water partition coefficient (Wildman–Crippen LogP) is 6.36. The van der Waals surface area contributed by atoms with E-state index in [2.05, 4.69) is 66.9 Å². The maximum absolute atomic E-state index is 6.13. The zero-order valence-corrected chi connectivity index (χ0v) is 19.9.